The molecule has 178 valence electrons. The molecule has 34 heavy (non-hydrogen) atoms. The molecule has 1 N–H and O–H groups in total. The molecule has 0 fully saturated rings. The summed E-state index contributed by atoms with van der Waals surface area (Å²) < 4.78 is 26.6. The number of hydrogen-bond donors (Lipinski definition) is 1. The van der Waals surface area contributed by atoms with Crippen molar-refractivity contribution < 1.29 is 18.0 Å². The Bertz CT molecular complexity index is 1300. The highest BCUT2D eigenvalue weighted by Gasteiger charge is 2.21. The molecule has 0 aliphatic rings. The molecule has 0 saturated carbocycles. The summed E-state index contributed by atoms with van der Waals surface area (Å²) >= 11 is 2.12. The molecule has 3 aromatic carbocycles. The number of carbonyl (C=O) groups excluding carboxylic acids is 2. The molecule has 0 spiro atoms. The zero-order valence-corrected chi connectivity index (χ0v) is 22.5. The van der Waals surface area contributed by atoms with Crippen LogP contribution < -0.4 is 9.62 Å². The number of nitrogens with one attached hydrogen (secondary N) is 1. The molecule has 3 rings (SSSR count). The lowest BCUT2D eigenvalue weighted by atomic mass is 9.86. The quantitative estimate of drug-likeness (QED) is 0.302. The van der Waals surface area contributed by atoms with Crippen LogP contribution in [0.2, 0.25) is 0 Å². The van der Waals surface area contributed by atoms with Gasteiger partial charge in [0.2, 0.25) is 15.9 Å². The summed E-state index contributed by atoms with van der Waals surface area (Å²) in [5, 5.41) is 2.70. The number of hydrogen-bond acceptors (Lipinski definition) is 4. The van der Waals surface area contributed by atoms with Crippen LogP contribution in [0.3, 0.4) is 0 Å². The topological polar surface area (TPSA) is 83.6 Å². The second-order valence-electron chi connectivity index (χ2n) is 9.03. The Kier molecular flexibility index (Phi) is 7.82. The summed E-state index contributed by atoms with van der Waals surface area (Å²) in [6.45, 7) is 5.95. The van der Waals surface area contributed by atoms with E-state index in [1.54, 1.807) is 60.7 Å². The molecule has 8 heteroatoms. The van der Waals surface area contributed by atoms with Gasteiger partial charge in [-0.1, -0.05) is 57.2 Å². The van der Waals surface area contributed by atoms with Gasteiger partial charge in [0, 0.05) is 20.4 Å². The Hall–Kier alpha value is -2.72. The van der Waals surface area contributed by atoms with Crippen LogP contribution in [0, 0.1) is 3.57 Å². The summed E-state index contributed by atoms with van der Waals surface area (Å²) in [6.07, 6.45) is 1.06. The van der Waals surface area contributed by atoms with Crippen molar-refractivity contribution in [1.29, 1.82) is 0 Å². The highest BCUT2D eigenvalue weighted by molar-refractivity contribution is 14.1. The van der Waals surface area contributed by atoms with Crippen molar-refractivity contribution in [2.75, 3.05) is 22.4 Å². The first kappa shape index (κ1) is 25.9. The second kappa shape index (κ2) is 10.3. The smallest absolute Gasteiger partial charge is 0.245 e. The third-order valence-electron chi connectivity index (χ3n) is 5.22. The van der Waals surface area contributed by atoms with Crippen LogP contribution in [0.15, 0.2) is 72.8 Å². The molecule has 0 aliphatic carbocycles. The third-order valence-corrected chi connectivity index (χ3v) is 7.08. The Balaban J connectivity index is 1.75. The lowest BCUT2D eigenvalue weighted by Crippen LogP contribution is -2.37. The molecular weight excluding hydrogens is 563 g/mol. The van der Waals surface area contributed by atoms with Crippen molar-refractivity contribution in [1.82, 2.24) is 0 Å². The highest BCUT2D eigenvalue weighted by atomic mass is 127. The normalized spacial score (nSPS) is 11.7. The predicted octanol–water partition coefficient (Wildman–Crippen LogP) is 5.22. The summed E-state index contributed by atoms with van der Waals surface area (Å²) in [7, 11) is -3.67. The minimum atomic E-state index is -3.67. The van der Waals surface area contributed by atoms with Gasteiger partial charge in [0.05, 0.1) is 11.9 Å². The van der Waals surface area contributed by atoms with E-state index in [1.807, 2.05) is 12.1 Å². The molecule has 6 nitrogen and oxygen atoms in total. The van der Waals surface area contributed by atoms with Crippen LogP contribution in [0.4, 0.5) is 11.4 Å². The van der Waals surface area contributed by atoms with E-state index in [-0.39, 0.29) is 17.7 Å². The Morgan fingerprint density at radius 1 is 0.912 bits per heavy atom. The molecule has 0 aromatic heterocycles. The van der Waals surface area contributed by atoms with E-state index in [9.17, 15) is 18.0 Å². The van der Waals surface area contributed by atoms with Crippen molar-refractivity contribution >= 4 is 55.7 Å². The molecule has 0 bridgehead atoms. The third kappa shape index (κ3) is 6.66. The van der Waals surface area contributed by atoms with Gasteiger partial charge in [0.25, 0.3) is 0 Å². The van der Waals surface area contributed by atoms with Crippen LogP contribution in [0.25, 0.3) is 0 Å². The highest BCUT2D eigenvalue weighted by Crippen LogP contribution is 2.24. The van der Waals surface area contributed by atoms with Gasteiger partial charge in [-0.25, -0.2) is 8.42 Å². The summed E-state index contributed by atoms with van der Waals surface area (Å²) in [5.74, 6) is -0.670. The monoisotopic (exact) mass is 590 g/mol. The van der Waals surface area contributed by atoms with E-state index in [4.69, 9.17) is 0 Å². The van der Waals surface area contributed by atoms with E-state index >= 15 is 0 Å². The maximum atomic E-state index is 13.0. The zero-order valence-electron chi connectivity index (χ0n) is 19.5. The number of halogens is 1. The first-order valence-electron chi connectivity index (χ1n) is 10.6. The van der Waals surface area contributed by atoms with Gasteiger partial charge in [-0.2, -0.15) is 0 Å². The Morgan fingerprint density at radius 3 is 2.09 bits per heavy atom. The first-order valence-corrected chi connectivity index (χ1v) is 13.6. The fourth-order valence-electron chi connectivity index (χ4n) is 3.36. The number of carbonyl (C=O) groups is 2. The maximum Gasteiger partial charge on any atom is 0.245 e. The number of benzene rings is 3. The zero-order chi connectivity index (χ0) is 25.1. The second-order valence-corrected chi connectivity index (χ2v) is 12.2. The van der Waals surface area contributed by atoms with Crippen molar-refractivity contribution in [2.45, 2.75) is 26.2 Å². The average molecular weight is 590 g/mol. The SMILES string of the molecule is CC(C)(C)c1ccc(C(=O)c2cccc(NC(=O)CN(c3ccc(I)cc3)S(C)(=O)=O)c2)cc1. The standard InChI is InChI=1S/C26H27IN2O4S/c1-26(2,3)20-10-8-18(9-11-20)25(31)19-6-5-7-22(16-19)28-24(30)17-29(34(4,32)33)23-14-12-21(27)13-15-23/h5-16H,17H2,1-4H3,(H,28,30). The van der Waals surface area contributed by atoms with E-state index in [0.717, 1.165) is 19.7 Å². The molecule has 0 atom stereocenters. The van der Waals surface area contributed by atoms with Crippen molar-refractivity contribution in [3.63, 3.8) is 0 Å². The van der Waals surface area contributed by atoms with Crippen molar-refractivity contribution in [2.24, 2.45) is 0 Å². The van der Waals surface area contributed by atoms with E-state index < -0.39 is 15.9 Å². The molecule has 0 saturated heterocycles. The minimum absolute atomic E-state index is 0.0101. The number of rotatable bonds is 7. The van der Waals surface area contributed by atoms with Gasteiger partial charge in [0.1, 0.15) is 6.54 Å². The van der Waals surface area contributed by atoms with Crippen LogP contribution in [0.1, 0.15) is 42.3 Å². The number of sulfonamides is 1. The van der Waals surface area contributed by atoms with Crippen molar-refractivity contribution in [3.05, 3.63) is 93.1 Å². The molecule has 0 heterocycles. The average Bonchev–Trinajstić information content (AvgIpc) is 2.77. The first-order chi connectivity index (χ1) is 15.8. The van der Waals surface area contributed by atoms with E-state index in [2.05, 4.69) is 48.7 Å². The fraction of sp³-hybridized carbons (Fsp3) is 0.231. The van der Waals surface area contributed by atoms with Gasteiger partial charge in [0.15, 0.2) is 5.78 Å². The van der Waals surface area contributed by atoms with Crippen LogP contribution in [0.5, 0.6) is 0 Å². The molecule has 3 aromatic rings. The summed E-state index contributed by atoms with van der Waals surface area (Å²) in [4.78, 5) is 25.7. The molecule has 1 amide bonds. The number of anilines is 2. The molecular formula is C26H27IN2O4S. The van der Waals surface area contributed by atoms with E-state index in [1.165, 1.54) is 0 Å². The lowest BCUT2D eigenvalue weighted by Gasteiger charge is -2.22. The van der Waals surface area contributed by atoms with E-state index in [0.29, 0.717) is 22.5 Å². The maximum absolute atomic E-state index is 13.0. The number of ketones is 1. The van der Waals surface area contributed by atoms with Crippen LogP contribution >= 0.6 is 22.6 Å². The summed E-state index contributed by atoms with van der Waals surface area (Å²) in [6, 6.07) is 21.0. The van der Waals surface area contributed by atoms with Crippen LogP contribution in [-0.2, 0) is 20.2 Å². The Labute approximate surface area is 214 Å². The molecule has 0 unspecified atom stereocenters. The minimum Gasteiger partial charge on any atom is -0.324 e. The van der Waals surface area contributed by atoms with Gasteiger partial charge in [-0.3, -0.25) is 13.9 Å². The molecule has 0 aliphatic heterocycles. The fourth-order valence-corrected chi connectivity index (χ4v) is 4.58. The summed E-state index contributed by atoms with van der Waals surface area (Å²) in [5.41, 5.74) is 2.93. The molecule has 0 radical (unpaired) electrons. The van der Waals surface area contributed by atoms with Gasteiger partial charge < -0.3 is 5.32 Å². The van der Waals surface area contributed by atoms with Gasteiger partial charge >= 0.3 is 0 Å². The largest absolute Gasteiger partial charge is 0.324 e. The van der Waals surface area contributed by atoms with Crippen molar-refractivity contribution in [3.8, 4) is 0 Å². The van der Waals surface area contributed by atoms with Gasteiger partial charge in [-0.15, -0.1) is 0 Å². The lowest BCUT2D eigenvalue weighted by molar-refractivity contribution is -0.114. The van der Waals surface area contributed by atoms with Crippen LogP contribution in [-0.4, -0.2) is 32.9 Å². The number of amides is 1. The Morgan fingerprint density at radius 2 is 1.53 bits per heavy atom. The predicted molar refractivity (Wildman–Crippen MR) is 145 cm³/mol. The van der Waals surface area contributed by atoms with Gasteiger partial charge in [-0.05, 0) is 70.0 Å². The number of nitrogens with zero attached hydrogens (tertiary/aromatic N) is 1.